The van der Waals surface area contributed by atoms with Gasteiger partial charge in [-0.15, -0.1) is 0 Å². The van der Waals surface area contributed by atoms with E-state index in [-0.39, 0.29) is 28.2 Å². The number of halogens is 3. The van der Waals surface area contributed by atoms with Gasteiger partial charge in [-0.1, -0.05) is 86.0 Å². The Hall–Kier alpha value is -4.65. The maximum atomic E-state index is 13.9. The van der Waals surface area contributed by atoms with Gasteiger partial charge in [0, 0.05) is 22.3 Å². The second-order valence-electron chi connectivity index (χ2n) is 8.43. The number of esters is 2. The molecule has 0 spiro atoms. The van der Waals surface area contributed by atoms with E-state index in [1.54, 1.807) is 60.7 Å². The van der Waals surface area contributed by atoms with Gasteiger partial charge >= 0.3 is 18.1 Å². The summed E-state index contributed by atoms with van der Waals surface area (Å²) in [5.41, 5.74) is 0.759. The lowest BCUT2D eigenvalue weighted by molar-refractivity contribution is -0.137. The van der Waals surface area contributed by atoms with Crippen LogP contribution >= 0.6 is 0 Å². The third-order valence-corrected chi connectivity index (χ3v) is 5.22. The lowest BCUT2D eigenvalue weighted by Gasteiger charge is -2.12. The number of carbonyl (C=O) groups excluding carboxylic acids is 2. The molecule has 0 saturated carbocycles. The predicted octanol–water partition coefficient (Wildman–Crippen LogP) is 8.01. The third-order valence-electron chi connectivity index (χ3n) is 5.22. The molecule has 0 saturated heterocycles. The Bertz CT molecular complexity index is 1450. The maximum Gasteiger partial charge on any atom is 0.417 e. The zero-order valence-electron chi connectivity index (χ0n) is 20.8. The monoisotopic (exact) mass is 518 g/mol. The van der Waals surface area contributed by atoms with Gasteiger partial charge in [-0.25, -0.2) is 9.59 Å². The second-order valence-corrected chi connectivity index (χ2v) is 8.43. The van der Waals surface area contributed by atoms with E-state index in [0.29, 0.717) is 16.7 Å². The maximum absolute atomic E-state index is 13.9. The van der Waals surface area contributed by atoms with Crippen LogP contribution in [0.5, 0.6) is 11.5 Å². The Morgan fingerprint density at radius 2 is 1.13 bits per heavy atom. The molecule has 0 radical (unpaired) electrons. The smallest absolute Gasteiger partial charge is 0.417 e. The van der Waals surface area contributed by atoms with Crippen LogP contribution in [-0.4, -0.2) is 11.9 Å². The summed E-state index contributed by atoms with van der Waals surface area (Å²) in [6.45, 7) is 10.1. The molecule has 3 rings (SSSR count). The van der Waals surface area contributed by atoms with Gasteiger partial charge in [0.05, 0.1) is 5.56 Å². The highest BCUT2D eigenvalue weighted by Gasteiger charge is 2.32. The molecule has 0 fully saturated rings. The number of hydrogen-bond donors (Lipinski definition) is 0. The number of benzene rings is 3. The van der Waals surface area contributed by atoms with E-state index < -0.39 is 23.7 Å². The first-order chi connectivity index (χ1) is 18.0. The molecule has 0 unspecified atom stereocenters. The van der Waals surface area contributed by atoms with Crippen LogP contribution in [-0.2, 0) is 15.8 Å². The minimum atomic E-state index is -4.62. The van der Waals surface area contributed by atoms with E-state index in [4.69, 9.17) is 9.47 Å². The van der Waals surface area contributed by atoms with E-state index in [0.717, 1.165) is 6.07 Å². The highest BCUT2D eigenvalue weighted by Crippen LogP contribution is 2.34. The number of hydrogen-bond acceptors (Lipinski definition) is 4. The predicted molar refractivity (Wildman–Crippen MR) is 143 cm³/mol. The zero-order valence-corrected chi connectivity index (χ0v) is 20.8. The highest BCUT2D eigenvalue weighted by molar-refractivity contribution is 5.90. The first-order valence-electron chi connectivity index (χ1n) is 11.5. The van der Waals surface area contributed by atoms with Crippen LogP contribution in [0.25, 0.3) is 24.3 Å². The summed E-state index contributed by atoms with van der Waals surface area (Å²) in [6, 6.07) is 17.1. The second kappa shape index (κ2) is 12.1. The number of para-hydroxylation sites is 2. The first-order valence-corrected chi connectivity index (χ1v) is 11.5. The molecule has 4 nitrogen and oxygen atoms in total. The summed E-state index contributed by atoms with van der Waals surface area (Å²) in [6.07, 6.45) is 1.22. The Morgan fingerprint density at radius 1 is 0.684 bits per heavy atom. The minimum Gasteiger partial charge on any atom is -0.423 e. The van der Waals surface area contributed by atoms with Crippen LogP contribution in [0.1, 0.15) is 41.7 Å². The van der Waals surface area contributed by atoms with Gasteiger partial charge in [0.2, 0.25) is 0 Å². The van der Waals surface area contributed by atoms with Gasteiger partial charge in [-0.05, 0) is 43.2 Å². The fourth-order valence-corrected chi connectivity index (χ4v) is 3.23. The van der Waals surface area contributed by atoms with Gasteiger partial charge in [-0.3, -0.25) is 0 Å². The Labute approximate surface area is 219 Å². The lowest BCUT2D eigenvalue weighted by atomic mass is 10.0. The number of carbonyl (C=O) groups is 2. The van der Waals surface area contributed by atoms with Crippen molar-refractivity contribution in [1.29, 1.82) is 0 Å². The summed E-state index contributed by atoms with van der Waals surface area (Å²) in [7, 11) is 0. The van der Waals surface area contributed by atoms with E-state index in [1.807, 2.05) is 0 Å². The quantitative estimate of drug-likeness (QED) is 0.131. The van der Waals surface area contributed by atoms with Crippen molar-refractivity contribution in [3.05, 3.63) is 119 Å². The Morgan fingerprint density at radius 3 is 1.61 bits per heavy atom. The molecule has 0 atom stereocenters. The molecule has 3 aromatic rings. The van der Waals surface area contributed by atoms with Gasteiger partial charge in [0.25, 0.3) is 0 Å². The summed E-state index contributed by atoms with van der Waals surface area (Å²) in [4.78, 5) is 23.8. The van der Waals surface area contributed by atoms with Crippen molar-refractivity contribution < 1.29 is 32.2 Å². The molecule has 0 N–H and O–H groups in total. The zero-order chi connectivity index (χ0) is 27.9. The van der Waals surface area contributed by atoms with Crippen molar-refractivity contribution in [2.45, 2.75) is 20.0 Å². The Balaban J connectivity index is 1.92. The Kier molecular flexibility index (Phi) is 8.86. The molecule has 3 aromatic carbocycles. The molecule has 194 valence electrons. The van der Waals surface area contributed by atoms with Crippen molar-refractivity contribution >= 4 is 36.2 Å². The topological polar surface area (TPSA) is 52.6 Å². The van der Waals surface area contributed by atoms with Gasteiger partial charge in [0.15, 0.2) is 0 Å². The van der Waals surface area contributed by atoms with Crippen LogP contribution in [0.2, 0.25) is 0 Å². The largest absolute Gasteiger partial charge is 0.423 e. The third kappa shape index (κ3) is 7.43. The van der Waals surface area contributed by atoms with Crippen LogP contribution in [0.3, 0.4) is 0 Å². The fraction of sp³-hybridized carbons (Fsp3) is 0.0968. The molecule has 0 aliphatic heterocycles. The van der Waals surface area contributed by atoms with Crippen LogP contribution in [0.15, 0.2) is 91.0 Å². The van der Waals surface area contributed by atoms with Crippen molar-refractivity contribution in [3.8, 4) is 11.5 Å². The molecule has 7 heteroatoms. The highest BCUT2D eigenvalue weighted by atomic mass is 19.4. The van der Waals surface area contributed by atoms with E-state index in [9.17, 15) is 22.8 Å². The first kappa shape index (κ1) is 27.9. The summed E-state index contributed by atoms with van der Waals surface area (Å²) >= 11 is 0. The average molecular weight is 519 g/mol. The number of ether oxygens (including phenoxy) is 2. The van der Waals surface area contributed by atoms with Crippen molar-refractivity contribution in [1.82, 2.24) is 0 Å². The van der Waals surface area contributed by atoms with Crippen LogP contribution in [0.4, 0.5) is 13.2 Å². The molecule has 0 bridgehead atoms. The number of alkyl halides is 3. The normalized spacial score (nSPS) is 11.5. The lowest BCUT2D eigenvalue weighted by Crippen LogP contribution is -2.09. The van der Waals surface area contributed by atoms with Crippen molar-refractivity contribution in [2.75, 3.05) is 0 Å². The van der Waals surface area contributed by atoms with E-state index in [2.05, 4.69) is 13.2 Å². The van der Waals surface area contributed by atoms with Crippen molar-refractivity contribution in [2.24, 2.45) is 0 Å². The molecular formula is C31H25F3O4. The molecule has 0 aliphatic rings. The van der Waals surface area contributed by atoms with Crippen molar-refractivity contribution in [3.63, 3.8) is 0 Å². The molecule has 38 heavy (non-hydrogen) atoms. The average Bonchev–Trinajstić information content (AvgIpc) is 2.87. The fourth-order valence-electron chi connectivity index (χ4n) is 3.23. The van der Waals surface area contributed by atoms with Crippen LogP contribution in [0, 0.1) is 0 Å². The number of rotatable bonds is 8. The molecule has 0 amide bonds. The van der Waals surface area contributed by atoms with Gasteiger partial charge < -0.3 is 9.47 Å². The van der Waals surface area contributed by atoms with E-state index in [1.165, 1.54) is 38.1 Å². The molecule has 0 heterocycles. The minimum absolute atomic E-state index is 0.0635. The SMILES string of the molecule is C=C(C)C(=O)Oc1ccccc1C=Cc1ccc(C=Cc2ccccc2OC(=O)C(=C)C)c(C(F)(F)F)c1. The van der Waals surface area contributed by atoms with Gasteiger partial charge in [-0.2, -0.15) is 13.2 Å². The van der Waals surface area contributed by atoms with Gasteiger partial charge in [0.1, 0.15) is 11.5 Å². The van der Waals surface area contributed by atoms with E-state index >= 15 is 0 Å². The summed E-state index contributed by atoms with van der Waals surface area (Å²) < 4.78 is 52.4. The molecule has 0 aliphatic carbocycles. The summed E-state index contributed by atoms with van der Waals surface area (Å²) in [5.74, 6) is -0.763. The summed E-state index contributed by atoms with van der Waals surface area (Å²) in [5, 5.41) is 0. The standard InChI is InChI=1S/C31H25F3O4/c1-20(2)29(35)37-27-11-7-5-9-24(27)16-14-22-13-15-23(26(19-22)31(32,33)34)17-18-25-10-6-8-12-28(25)38-30(36)21(3)4/h5-19H,1,3H2,2,4H3. The van der Waals surface area contributed by atoms with Crippen LogP contribution < -0.4 is 9.47 Å². The molecular weight excluding hydrogens is 493 g/mol. The molecule has 0 aromatic heterocycles.